The molecule has 2 rings (SSSR count). The molecule has 0 spiro atoms. The number of aromatic nitrogens is 1. The molecule has 0 saturated carbocycles. The second-order valence-corrected chi connectivity index (χ2v) is 5.21. The molecular formula is C11H10FN3O2S. The van der Waals surface area contributed by atoms with Crippen LogP contribution in [0.5, 0.6) is 0 Å². The van der Waals surface area contributed by atoms with Gasteiger partial charge in [-0.3, -0.25) is 9.71 Å². The highest BCUT2D eigenvalue weighted by molar-refractivity contribution is 7.92. The third-order valence-corrected chi connectivity index (χ3v) is 3.57. The molecule has 18 heavy (non-hydrogen) atoms. The van der Waals surface area contributed by atoms with Gasteiger partial charge in [0.05, 0.1) is 22.5 Å². The molecule has 0 bridgehead atoms. The number of nitrogens with zero attached hydrogens (tertiary/aromatic N) is 1. The molecule has 0 radical (unpaired) electrons. The molecule has 2 aromatic rings. The van der Waals surface area contributed by atoms with E-state index in [4.69, 9.17) is 5.73 Å². The van der Waals surface area contributed by atoms with Crippen LogP contribution in [0.4, 0.5) is 15.8 Å². The Morgan fingerprint density at radius 2 is 2.06 bits per heavy atom. The number of hydrogen-bond donors (Lipinski definition) is 2. The highest BCUT2D eigenvalue weighted by atomic mass is 32.2. The molecule has 0 atom stereocenters. The van der Waals surface area contributed by atoms with Crippen LogP contribution in [0.2, 0.25) is 0 Å². The van der Waals surface area contributed by atoms with Crippen molar-refractivity contribution in [1.29, 1.82) is 0 Å². The van der Waals surface area contributed by atoms with Crippen LogP contribution in [0, 0.1) is 5.82 Å². The number of halogens is 1. The van der Waals surface area contributed by atoms with Gasteiger partial charge < -0.3 is 5.73 Å². The summed E-state index contributed by atoms with van der Waals surface area (Å²) in [5.41, 5.74) is 5.97. The van der Waals surface area contributed by atoms with E-state index in [-0.39, 0.29) is 16.3 Å². The molecular weight excluding hydrogens is 257 g/mol. The lowest BCUT2D eigenvalue weighted by atomic mass is 10.4. The number of hydrogen-bond acceptors (Lipinski definition) is 4. The predicted molar refractivity (Wildman–Crippen MR) is 65.9 cm³/mol. The van der Waals surface area contributed by atoms with Crippen molar-refractivity contribution in [2.24, 2.45) is 0 Å². The van der Waals surface area contributed by atoms with Crippen LogP contribution in [0.1, 0.15) is 0 Å². The fourth-order valence-electron chi connectivity index (χ4n) is 1.34. The fourth-order valence-corrected chi connectivity index (χ4v) is 2.46. The largest absolute Gasteiger partial charge is 0.396 e. The predicted octanol–water partition coefficient (Wildman–Crippen LogP) is 1.60. The molecule has 0 aliphatic heterocycles. The molecule has 94 valence electrons. The molecule has 1 heterocycles. The van der Waals surface area contributed by atoms with Crippen LogP contribution in [0.25, 0.3) is 0 Å². The standard InChI is InChI=1S/C11H10FN3O2S/c12-8-2-1-3-9(6-8)18(16,17)15-11-4-5-14-7-10(11)13/h1-7H,13H2,(H,14,15). The maximum Gasteiger partial charge on any atom is 0.262 e. The maximum atomic E-state index is 13.0. The number of anilines is 2. The van der Waals surface area contributed by atoms with Gasteiger partial charge in [0.25, 0.3) is 10.0 Å². The van der Waals surface area contributed by atoms with Crippen LogP contribution in [0.15, 0.2) is 47.6 Å². The average molecular weight is 267 g/mol. The summed E-state index contributed by atoms with van der Waals surface area (Å²) in [6.45, 7) is 0. The van der Waals surface area contributed by atoms with Crippen LogP contribution >= 0.6 is 0 Å². The van der Waals surface area contributed by atoms with Gasteiger partial charge in [-0.25, -0.2) is 12.8 Å². The topological polar surface area (TPSA) is 85.1 Å². The number of nitrogens with two attached hydrogens (primary N) is 1. The van der Waals surface area contributed by atoms with E-state index in [2.05, 4.69) is 9.71 Å². The minimum atomic E-state index is -3.86. The molecule has 0 aliphatic carbocycles. The minimum absolute atomic E-state index is 0.168. The summed E-state index contributed by atoms with van der Waals surface area (Å²) in [5.74, 6) is -0.624. The molecule has 1 aromatic heterocycles. The van der Waals surface area contributed by atoms with Gasteiger partial charge in [-0.2, -0.15) is 0 Å². The second-order valence-electron chi connectivity index (χ2n) is 3.53. The quantitative estimate of drug-likeness (QED) is 0.884. The Balaban J connectivity index is 2.37. The maximum absolute atomic E-state index is 13.0. The van der Waals surface area contributed by atoms with E-state index in [9.17, 15) is 12.8 Å². The first-order chi connectivity index (χ1) is 8.49. The number of benzene rings is 1. The van der Waals surface area contributed by atoms with E-state index >= 15 is 0 Å². The normalized spacial score (nSPS) is 11.2. The molecule has 5 nitrogen and oxygen atoms in total. The Labute approximate surface area is 104 Å². The van der Waals surface area contributed by atoms with Gasteiger partial charge in [-0.1, -0.05) is 6.07 Å². The molecule has 0 aliphatic rings. The molecule has 0 saturated heterocycles. The Hall–Kier alpha value is -2.15. The Morgan fingerprint density at radius 3 is 2.72 bits per heavy atom. The van der Waals surface area contributed by atoms with Crippen LogP contribution < -0.4 is 10.5 Å². The zero-order valence-electron chi connectivity index (χ0n) is 9.17. The smallest absolute Gasteiger partial charge is 0.262 e. The molecule has 3 N–H and O–H groups in total. The summed E-state index contributed by atoms with van der Waals surface area (Å²) >= 11 is 0. The van der Waals surface area contributed by atoms with Gasteiger partial charge >= 0.3 is 0 Å². The number of nitrogen functional groups attached to an aromatic ring is 1. The molecule has 7 heteroatoms. The number of nitrogens with one attached hydrogen (secondary N) is 1. The minimum Gasteiger partial charge on any atom is -0.396 e. The molecule has 1 aromatic carbocycles. The van der Waals surface area contributed by atoms with Crippen molar-refractivity contribution < 1.29 is 12.8 Å². The number of rotatable bonds is 3. The van der Waals surface area contributed by atoms with Crippen molar-refractivity contribution in [3.63, 3.8) is 0 Å². The first-order valence-corrected chi connectivity index (χ1v) is 6.45. The SMILES string of the molecule is Nc1cnccc1NS(=O)(=O)c1cccc(F)c1. The first kappa shape index (κ1) is 12.3. The monoisotopic (exact) mass is 267 g/mol. The summed E-state index contributed by atoms with van der Waals surface area (Å²) in [6, 6.07) is 6.13. The van der Waals surface area contributed by atoms with Crippen molar-refractivity contribution in [1.82, 2.24) is 4.98 Å². The lowest BCUT2D eigenvalue weighted by Crippen LogP contribution is -2.14. The second kappa shape index (κ2) is 4.61. The Morgan fingerprint density at radius 1 is 1.28 bits per heavy atom. The van der Waals surface area contributed by atoms with E-state index < -0.39 is 15.8 Å². The summed E-state index contributed by atoms with van der Waals surface area (Å²) < 4.78 is 39.2. The highest BCUT2D eigenvalue weighted by Crippen LogP contribution is 2.20. The van der Waals surface area contributed by atoms with Gasteiger partial charge in [0.15, 0.2) is 0 Å². The van der Waals surface area contributed by atoms with Crippen LogP contribution in [0.3, 0.4) is 0 Å². The molecule has 0 fully saturated rings. The lowest BCUT2D eigenvalue weighted by Gasteiger charge is -2.09. The Bertz CT molecular complexity index is 673. The summed E-state index contributed by atoms with van der Waals surface area (Å²) in [6.07, 6.45) is 2.73. The van der Waals surface area contributed by atoms with E-state index in [1.54, 1.807) is 0 Å². The zero-order chi connectivity index (χ0) is 13.2. The van der Waals surface area contributed by atoms with E-state index in [1.165, 1.54) is 36.7 Å². The van der Waals surface area contributed by atoms with Crippen LogP contribution in [-0.2, 0) is 10.0 Å². The van der Waals surface area contributed by atoms with Gasteiger partial charge in [0, 0.05) is 6.20 Å². The van der Waals surface area contributed by atoms with E-state index in [0.29, 0.717) is 0 Å². The van der Waals surface area contributed by atoms with Crippen LogP contribution in [-0.4, -0.2) is 13.4 Å². The first-order valence-electron chi connectivity index (χ1n) is 4.97. The average Bonchev–Trinajstić information content (AvgIpc) is 2.32. The van der Waals surface area contributed by atoms with Gasteiger partial charge in [-0.15, -0.1) is 0 Å². The zero-order valence-corrected chi connectivity index (χ0v) is 9.99. The van der Waals surface area contributed by atoms with Gasteiger partial charge in [0.1, 0.15) is 5.82 Å². The van der Waals surface area contributed by atoms with Crippen molar-refractivity contribution in [3.8, 4) is 0 Å². The summed E-state index contributed by atoms with van der Waals surface area (Å²) in [7, 11) is -3.86. The van der Waals surface area contributed by atoms with E-state index in [0.717, 1.165) is 6.07 Å². The third kappa shape index (κ3) is 2.57. The number of pyridine rings is 1. The highest BCUT2D eigenvalue weighted by Gasteiger charge is 2.15. The van der Waals surface area contributed by atoms with E-state index in [1.807, 2.05) is 0 Å². The third-order valence-electron chi connectivity index (χ3n) is 2.20. The fraction of sp³-hybridized carbons (Fsp3) is 0. The lowest BCUT2D eigenvalue weighted by molar-refractivity contribution is 0.595. The van der Waals surface area contributed by atoms with Crippen molar-refractivity contribution >= 4 is 21.4 Å². The Kier molecular flexibility index (Phi) is 3.15. The molecule has 0 amide bonds. The van der Waals surface area contributed by atoms with Crippen molar-refractivity contribution in [2.45, 2.75) is 4.90 Å². The van der Waals surface area contributed by atoms with Gasteiger partial charge in [-0.05, 0) is 24.3 Å². The van der Waals surface area contributed by atoms with Gasteiger partial charge in [0.2, 0.25) is 0 Å². The summed E-state index contributed by atoms with van der Waals surface area (Å²) in [5, 5.41) is 0. The van der Waals surface area contributed by atoms with Crippen molar-refractivity contribution in [2.75, 3.05) is 10.5 Å². The summed E-state index contributed by atoms with van der Waals surface area (Å²) in [4.78, 5) is 3.57. The molecule has 0 unspecified atom stereocenters. The number of sulfonamides is 1. The van der Waals surface area contributed by atoms with Crippen molar-refractivity contribution in [3.05, 3.63) is 48.5 Å².